The zero-order chi connectivity index (χ0) is 12.6. The van der Waals surface area contributed by atoms with Crippen LogP contribution < -0.4 is 4.90 Å². The van der Waals surface area contributed by atoms with Gasteiger partial charge < -0.3 is 4.90 Å². The van der Waals surface area contributed by atoms with E-state index in [0.717, 1.165) is 16.0 Å². The van der Waals surface area contributed by atoms with E-state index in [2.05, 4.69) is 48.8 Å². The molecule has 2 heterocycles. The highest BCUT2D eigenvalue weighted by Gasteiger charge is 2.18. The molecule has 0 aliphatic carbocycles. The largest absolute Gasteiger partial charge is 0.356 e. The molecule has 3 nitrogen and oxygen atoms in total. The molecular weight excluding hydrogens is 254 g/mol. The Hall–Kier alpha value is -0.870. The van der Waals surface area contributed by atoms with Gasteiger partial charge in [0.05, 0.1) is 5.39 Å². The average molecular weight is 270 g/mol. The Bertz CT molecular complexity index is 523. The summed E-state index contributed by atoms with van der Waals surface area (Å²) in [5.41, 5.74) is 0. The second-order valence-electron chi connectivity index (χ2n) is 4.55. The second kappa shape index (κ2) is 4.78. The normalized spacial score (nSPS) is 13.3. The smallest absolute Gasteiger partial charge is 0.225 e. The Morgan fingerprint density at radius 1 is 1.29 bits per heavy atom. The van der Waals surface area contributed by atoms with E-state index in [-0.39, 0.29) is 0 Å². The summed E-state index contributed by atoms with van der Waals surface area (Å²) in [4.78, 5) is 11.7. The number of rotatable bonds is 3. The molecule has 0 N–H and O–H groups in total. The summed E-state index contributed by atoms with van der Waals surface area (Å²) in [5, 5.41) is 3.42. The van der Waals surface area contributed by atoms with Crippen LogP contribution in [-0.4, -0.2) is 23.1 Å². The summed E-state index contributed by atoms with van der Waals surface area (Å²) in [5.74, 6) is 1.48. The lowest BCUT2D eigenvalue weighted by molar-refractivity contribution is 0.503. The van der Waals surface area contributed by atoms with Crippen LogP contribution in [0.3, 0.4) is 0 Å². The fourth-order valence-electron chi connectivity index (χ4n) is 1.72. The highest BCUT2D eigenvalue weighted by Crippen LogP contribution is 2.30. The van der Waals surface area contributed by atoms with Gasteiger partial charge in [-0.1, -0.05) is 13.8 Å². The lowest BCUT2D eigenvalue weighted by Crippen LogP contribution is -2.33. The maximum atomic E-state index is 5.97. The van der Waals surface area contributed by atoms with Crippen LogP contribution in [0, 0.1) is 5.92 Å². The van der Waals surface area contributed by atoms with Crippen LogP contribution in [0.15, 0.2) is 11.4 Å². The molecule has 0 fully saturated rings. The molecule has 1 unspecified atom stereocenters. The van der Waals surface area contributed by atoms with Crippen LogP contribution in [0.25, 0.3) is 10.2 Å². The van der Waals surface area contributed by atoms with Crippen molar-refractivity contribution >= 4 is 39.0 Å². The number of anilines is 1. The number of aromatic nitrogens is 2. The van der Waals surface area contributed by atoms with Crippen molar-refractivity contribution < 1.29 is 0 Å². The number of thiophene rings is 1. The molecule has 2 aromatic rings. The first-order valence-electron chi connectivity index (χ1n) is 5.64. The molecule has 5 heteroatoms. The summed E-state index contributed by atoms with van der Waals surface area (Å²) < 4.78 is 0. The Balaban J connectivity index is 2.50. The first-order valence-corrected chi connectivity index (χ1v) is 6.90. The van der Waals surface area contributed by atoms with Crippen LogP contribution in [0.5, 0.6) is 0 Å². The molecule has 0 amide bonds. The fraction of sp³-hybridized carbons (Fsp3) is 0.500. The summed E-state index contributed by atoms with van der Waals surface area (Å²) in [6.45, 7) is 6.60. The van der Waals surface area contributed by atoms with Gasteiger partial charge in [-0.2, -0.15) is 4.98 Å². The SMILES string of the molecule is CC(C)C(C)N(C)c1nc(Cl)nc2sccc12. The lowest BCUT2D eigenvalue weighted by atomic mass is 10.1. The Morgan fingerprint density at radius 3 is 2.65 bits per heavy atom. The monoisotopic (exact) mass is 269 g/mol. The van der Waals surface area contributed by atoms with Crippen LogP contribution in [0.2, 0.25) is 5.28 Å². The summed E-state index contributed by atoms with van der Waals surface area (Å²) in [6, 6.07) is 2.46. The fourth-order valence-corrected chi connectivity index (χ4v) is 2.70. The standard InChI is InChI=1S/C12H16ClN3S/c1-7(2)8(3)16(4)10-9-5-6-17-11(9)15-12(13)14-10/h5-8H,1-4H3. The molecule has 92 valence electrons. The van der Waals surface area contributed by atoms with Gasteiger partial charge in [0, 0.05) is 13.1 Å². The van der Waals surface area contributed by atoms with Crippen molar-refractivity contribution in [3.63, 3.8) is 0 Å². The lowest BCUT2D eigenvalue weighted by Gasteiger charge is -2.29. The van der Waals surface area contributed by atoms with Gasteiger partial charge in [0.1, 0.15) is 10.6 Å². The van der Waals surface area contributed by atoms with Gasteiger partial charge >= 0.3 is 0 Å². The van der Waals surface area contributed by atoms with Gasteiger partial charge in [-0.3, -0.25) is 0 Å². The highest BCUT2D eigenvalue weighted by atomic mass is 35.5. The Kier molecular flexibility index (Phi) is 3.54. The van der Waals surface area contributed by atoms with Crippen molar-refractivity contribution in [2.24, 2.45) is 5.92 Å². The average Bonchev–Trinajstić information content (AvgIpc) is 2.73. The van der Waals surface area contributed by atoms with E-state index >= 15 is 0 Å². The van der Waals surface area contributed by atoms with Gasteiger partial charge in [-0.25, -0.2) is 4.98 Å². The van der Waals surface area contributed by atoms with Crippen molar-refractivity contribution in [3.8, 4) is 0 Å². The van der Waals surface area contributed by atoms with E-state index in [9.17, 15) is 0 Å². The molecule has 0 radical (unpaired) electrons. The van der Waals surface area contributed by atoms with Crippen LogP contribution in [0.4, 0.5) is 5.82 Å². The molecule has 2 aromatic heterocycles. The Morgan fingerprint density at radius 2 is 2.00 bits per heavy atom. The van der Waals surface area contributed by atoms with E-state index < -0.39 is 0 Å². The van der Waals surface area contributed by atoms with Gasteiger partial charge in [0.15, 0.2) is 0 Å². The maximum absolute atomic E-state index is 5.97. The molecule has 0 bridgehead atoms. The minimum Gasteiger partial charge on any atom is -0.356 e. The topological polar surface area (TPSA) is 29.0 Å². The number of hydrogen-bond donors (Lipinski definition) is 0. The first-order chi connectivity index (χ1) is 8.00. The first kappa shape index (κ1) is 12.6. The van der Waals surface area contributed by atoms with Crippen LogP contribution in [0.1, 0.15) is 20.8 Å². The zero-order valence-electron chi connectivity index (χ0n) is 10.4. The van der Waals surface area contributed by atoms with E-state index in [1.807, 2.05) is 5.38 Å². The predicted molar refractivity (Wildman–Crippen MR) is 75.1 cm³/mol. The van der Waals surface area contributed by atoms with E-state index in [1.165, 1.54) is 0 Å². The summed E-state index contributed by atoms with van der Waals surface area (Å²) in [6.07, 6.45) is 0. The molecule has 0 aromatic carbocycles. The minimum atomic E-state index is 0.317. The Labute approximate surface area is 110 Å². The third-order valence-corrected chi connectivity index (χ3v) is 4.16. The van der Waals surface area contributed by atoms with Crippen molar-refractivity contribution in [2.45, 2.75) is 26.8 Å². The van der Waals surface area contributed by atoms with Gasteiger partial charge in [0.25, 0.3) is 0 Å². The molecule has 1 atom stereocenters. The molecule has 0 aliphatic rings. The van der Waals surface area contributed by atoms with Crippen molar-refractivity contribution in [2.75, 3.05) is 11.9 Å². The van der Waals surface area contributed by atoms with E-state index in [4.69, 9.17) is 11.6 Å². The van der Waals surface area contributed by atoms with Crippen LogP contribution >= 0.6 is 22.9 Å². The second-order valence-corrected chi connectivity index (χ2v) is 5.78. The van der Waals surface area contributed by atoms with E-state index in [1.54, 1.807) is 11.3 Å². The summed E-state index contributed by atoms with van der Waals surface area (Å²) >= 11 is 7.56. The van der Waals surface area contributed by atoms with Crippen molar-refractivity contribution in [3.05, 3.63) is 16.7 Å². The van der Waals surface area contributed by atoms with Crippen molar-refractivity contribution in [1.29, 1.82) is 0 Å². The number of hydrogen-bond acceptors (Lipinski definition) is 4. The third kappa shape index (κ3) is 2.38. The van der Waals surface area contributed by atoms with Crippen LogP contribution in [-0.2, 0) is 0 Å². The number of fused-ring (bicyclic) bond motifs is 1. The molecule has 0 spiro atoms. The van der Waals surface area contributed by atoms with E-state index in [0.29, 0.717) is 17.2 Å². The predicted octanol–water partition coefficient (Wildman–Crippen LogP) is 3.83. The summed E-state index contributed by atoms with van der Waals surface area (Å²) in [7, 11) is 2.06. The van der Waals surface area contributed by atoms with Gasteiger partial charge in [-0.05, 0) is 35.9 Å². The molecular formula is C12H16ClN3S. The molecule has 17 heavy (non-hydrogen) atoms. The number of nitrogens with zero attached hydrogens (tertiary/aromatic N) is 3. The molecule has 2 rings (SSSR count). The maximum Gasteiger partial charge on any atom is 0.225 e. The highest BCUT2D eigenvalue weighted by molar-refractivity contribution is 7.16. The zero-order valence-corrected chi connectivity index (χ0v) is 12.0. The van der Waals surface area contributed by atoms with Gasteiger partial charge in [0.2, 0.25) is 5.28 Å². The quantitative estimate of drug-likeness (QED) is 0.793. The van der Waals surface area contributed by atoms with Gasteiger partial charge in [-0.15, -0.1) is 11.3 Å². The molecule has 0 saturated carbocycles. The third-order valence-electron chi connectivity index (χ3n) is 3.19. The number of halogens is 1. The molecule has 0 aliphatic heterocycles. The minimum absolute atomic E-state index is 0.317. The van der Waals surface area contributed by atoms with Crippen molar-refractivity contribution in [1.82, 2.24) is 9.97 Å². The molecule has 0 saturated heterocycles.